The minimum absolute atomic E-state index is 0.130. The summed E-state index contributed by atoms with van der Waals surface area (Å²) in [5.41, 5.74) is 0. The summed E-state index contributed by atoms with van der Waals surface area (Å²) in [5.74, 6) is -6.63. The Labute approximate surface area is 112 Å². The summed E-state index contributed by atoms with van der Waals surface area (Å²) in [6, 6.07) is 0. The molecular weight excluding hydrogens is 252 g/mol. The second-order valence-electron chi connectivity index (χ2n) is 4.12. The zero-order valence-electron chi connectivity index (χ0n) is 11.2. The zero-order valence-corrected chi connectivity index (χ0v) is 11.2. The van der Waals surface area contributed by atoms with Crippen molar-refractivity contribution >= 4 is 11.9 Å². The van der Waals surface area contributed by atoms with Crippen LogP contribution in [0.1, 0.15) is 33.1 Å². The molecule has 0 saturated carbocycles. The maximum atomic E-state index is 11.2. The van der Waals surface area contributed by atoms with Crippen LogP contribution in [-0.2, 0) is 19.1 Å². The third kappa shape index (κ3) is 4.84. The first-order chi connectivity index (χ1) is 8.72. The van der Waals surface area contributed by atoms with Crippen LogP contribution in [0.15, 0.2) is 25.3 Å². The van der Waals surface area contributed by atoms with Crippen molar-refractivity contribution in [3.8, 4) is 0 Å². The number of carbonyl (C=O) groups excluding carboxylic acids is 2. The molecule has 0 rings (SSSR count). The molecular formula is C13H20O6. The van der Waals surface area contributed by atoms with Gasteiger partial charge in [-0.3, -0.25) is 0 Å². The van der Waals surface area contributed by atoms with Gasteiger partial charge in [0.2, 0.25) is 5.79 Å². The van der Waals surface area contributed by atoms with Crippen molar-refractivity contribution in [2.24, 2.45) is 0 Å². The summed E-state index contributed by atoms with van der Waals surface area (Å²) in [6.45, 7) is 9.31. The van der Waals surface area contributed by atoms with Crippen molar-refractivity contribution < 1.29 is 29.3 Å². The molecule has 0 aliphatic rings. The smallest absolute Gasteiger partial charge is 0.333 e. The Morgan fingerprint density at radius 2 is 1.58 bits per heavy atom. The van der Waals surface area contributed by atoms with Crippen LogP contribution < -0.4 is 0 Å². The molecule has 6 heteroatoms. The summed E-state index contributed by atoms with van der Waals surface area (Å²) < 4.78 is 9.55. The van der Waals surface area contributed by atoms with Gasteiger partial charge in [0.25, 0.3) is 0 Å². The molecule has 0 spiro atoms. The van der Waals surface area contributed by atoms with Gasteiger partial charge in [0.05, 0.1) is 0 Å². The molecule has 0 saturated heterocycles. The highest BCUT2D eigenvalue weighted by Gasteiger charge is 2.52. The largest absolute Gasteiger partial charge is 0.414 e. The van der Waals surface area contributed by atoms with Gasteiger partial charge in [0, 0.05) is 25.5 Å². The van der Waals surface area contributed by atoms with E-state index in [1.807, 2.05) is 6.92 Å². The first-order valence-corrected chi connectivity index (χ1v) is 5.88. The lowest BCUT2D eigenvalue weighted by molar-refractivity contribution is -0.353. The van der Waals surface area contributed by atoms with Gasteiger partial charge in [-0.15, -0.1) is 0 Å². The van der Waals surface area contributed by atoms with Gasteiger partial charge in [-0.05, 0) is 6.42 Å². The lowest BCUT2D eigenvalue weighted by atomic mass is 10.0. The van der Waals surface area contributed by atoms with E-state index in [0.29, 0.717) is 12.8 Å². The molecule has 0 heterocycles. The SMILES string of the molecule is C=CC(=O)OC(C)(OC(=O)C=C)C(O)(O)CCCC. The number of hydrogen-bond acceptors (Lipinski definition) is 6. The lowest BCUT2D eigenvalue weighted by Crippen LogP contribution is -2.57. The van der Waals surface area contributed by atoms with Gasteiger partial charge in [0.1, 0.15) is 0 Å². The van der Waals surface area contributed by atoms with Crippen molar-refractivity contribution in [3.63, 3.8) is 0 Å². The van der Waals surface area contributed by atoms with Crippen molar-refractivity contribution in [1.82, 2.24) is 0 Å². The number of esters is 2. The molecule has 0 aliphatic carbocycles. The van der Waals surface area contributed by atoms with Gasteiger partial charge < -0.3 is 19.7 Å². The minimum atomic E-state index is -2.51. The molecule has 0 radical (unpaired) electrons. The Morgan fingerprint density at radius 3 is 1.89 bits per heavy atom. The third-order valence-corrected chi connectivity index (χ3v) is 2.53. The number of ether oxygens (including phenoxy) is 2. The van der Waals surface area contributed by atoms with Gasteiger partial charge in [0.15, 0.2) is 0 Å². The summed E-state index contributed by atoms with van der Waals surface area (Å²) in [4.78, 5) is 22.5. The Bertz CT molecular complexity index is 336. The Morgan fingerprint density at radius 1 is 1.16 bits per heavy atom. The second kappa shape index (κ2) is 7.06. The van der Waals surface area contributed by atoms with E-state index in [1.165, 1.54) is 0 Å². The number of unbranched alkanes of at least 4 members (excludes halogenated alkanes) is 1. The Balaban J connectivity index is 5.22. The summed E-state index contributed by atoms with van der Waals surface area (Å²) >= 11 is 0. The molecule has 0 aliphatic heterocycles. The van der Waals surface area contributed by atoms with E-state index < -0.39 is 23.5 Å². The van der Waals surface area contributed by atoms with Crippen molar-refractivity contribution in [2.45, 2.75) is 44.7 Å². The van der Waals surface area contributed by atoms with Crippen LogP contribution in [-0.4, -0.2) is 33.7 Å². The van der Waals surface area contributed by atoms with Gasteiger partial charge >= 0.3 is 17.7 Å². The molecule has 0 unspecified atom stereocenters. The van der Waals surface area contributed by atoms with Gasteiger partial charge in [-0.1, -0.05) is 26.5 Å². The molecule has 0 aromatic carbocycles. The van der Waals surface area contributed by atoms with Crippen LogP contribution in [0.3, 0.4) is 0 Å². The Hall–Kier alpha value is -1.66. The molecule has 0 aromatic heterocycles. The van der Waals surface area contributed by atoms with Crippen LogP contribution >= 0.6 is 0 Å². The van der Waals surface area contributed by atoms with E-state index in [-0.39, 0.29) is 6.42 Å². The molecule has 0 amide bonds. The fourth-order valence-electron chi connectivity index (χ4n) is 1.30. The van der Waals surface area contributed by atoms with Crippen molar-refractivity contribution in [1.29, 1.82) is 0 Å². The summed E-state index contributed by atoms with van der Waals surface area (Å²) in [6.07, 6.45) is 2.66. The topological polar surface area (TPSA) is 93.1 Å². The van der Waals surface area contributed by atoms with E-state index in [0.717, 1.165) is 19.1 Å². The number of rotatable bonds is 8. The van der Waals surface area contributed by atoms with Crippen molar-refractivity contribution in [2.75, 3.05) is 0 Å². The fraction of sp³-hybridized carbons (Fsp3) is 0.538. The normalized spacial score (nSPS) is 11.6. The molecule has 0 atom stereocenters. The minimum Gasteiger partial charge on any atom is -0.414 e. The number of aliphatic hydroxyl groups is 2. The van der Waals surface area contributed by atoms with E-state index in [4.69, 9.17) is 9.47 Å². The van der Waals surface area contributed by atoms with Crippen LogP contribution in [0.4, 0.5) is 0 Å². The number of hydrogen-bond donors (Lipinski definition) is 2. The molecule has 0 fully saturated rings. The van der Waals surface area contributed by atoms with E-state index >= 15 is 0 Å². The van der Waals surface area contributed by atoms with Gasteiger partial charge in [-0.2, -0.15) is 0 Å². The van der Waals surface area contributed by atoms with E-state index in [9.17, 15) is 19.8 Å². The van der Waals surface area contributed by atoms with Crippen molar-refractivity contribution in [3.05, 3.63) is 25.3 Å². The maximum Gasteiger partial charge on any atom is 0.333 e. The highest BCUT2D eigenvalue weighted by atomic mass is 16.8. The predicted molar refractivity (Wildman–Crippen MR) is 67.7 cm³/mol. The molecule has 0 bridgehead atoms. The zero-order chi connectivity index (χ0) is 15.1. The van der Waals surface area contributed by atoms with Gasteiger partial charge in [-0.25, -0.2) is 9.59 Å². The lowest BCUT2D eigenvalue weighted by Gasteiger charge is -2.38. The first-order valence-electron chi connectivity index (χ1n) is 5.88. The summed E-state index contributed by atoms with van der Waals surface area (Å²) in [5, 5.41) is 20.0. The third-order valence-electron chi connectivity index (χ3n) is 2.53. The Kier molecular flexibility index (Phi) is 6.44. The molecule has 0 aromatic rings. The molecule has 19 heavy (non-hydrogen) atoms. The molecule has 6 nitrogen and oxygen atoms in total. The van der Waals surface area contributed by atoms with Crippen LogP contribution in [0, 0.1) is 0 Å². The van der Waals surface area contributed by atoms with E-state index in [2.05, 4.69) is 13.2 Å². The maximum absolute atomic E-state index is 11.2. The van der Waals surface area contributed by atoms with E-state index in [1.54, 1.807) is 0 Å². The van der Waals surface area contributed by atoms with Crippen LogP contribution in [0.2, 0.25) is 0 Å². The quantitative estimate of drug-likeness (QED) is 0.389. The predicted octanol–water partition coefficient (Wildman–Crippen LogP) is 1.03. The first kappa shape index (κ1) is 17.3. The highest BCUT2D eigenvalue weighted by Crippen LogP contribution is 2.30. The average molecular weight is 272 g/mol. The molecule has 2 N–H and O–H groups in total. The molecule has 108 valence electrons. The van der Waals surface area contributed by atoms with Crippen LogP contribution in [0.5, 0.6) is 0 Å². The summed E-state index contributed by atoms with van der Waals surface area (Å²) in [7, 11) is 0. The number of carbonyl (C=O) groups is 2. The van der Waals surface area contributed by atoms with Crippen LogP contribution in [0.25, 0.3) is 0 Å². The average Bonchev–Trinajstić information content (AvgIpc) is 2.35. The monoisotopic (exact) mass is 272 g/mol. The second-order valence-corrected chi connectivity index (χ2v) is 4.12. The standard InChI is InChI=1S/C13H20O6/c1-5-8-9-13(16,17)12(4,18-10(14)6-2)19-11(15)7-3/h6-7,16-17H,2-3,5,8-9H2,1,4H3. The fourth-order valence-corrected chi connectivity index (χ4v) is 1.30. The highest BCUT2D eigenvalue weighted by molar-refractivity contribution is 5.83.